The number of nitrogens with two attached hydrogens (primary N) is 1. The van der Waals surface area contributed by atoms with Crippen LogP contribution in [0.3, 0.4) is 0 Å². The summed E-state index contributed by atoms with van der Waals surface area (Å²) in [5.74, 6) is 0. The molecule has 21 heavy (non-hydrogen) atoms. The maximum atomic E-state index is 12.2. The highest BCUT2D eigenvalue weighted by molar-refractivity contribution is 7.89. The van der Waals surface area contributed by atoms with E-state index in [1.165, 1.54) is 0 Å². The lowest BCUT2D eigenvalue weighted by atomic mass is 10.1. The molecule has 0 saturated carbocycles. The highest BCUT2D eigenvalue weighted by Gasteiger charge is 2.26. The fourth-order valence-electron chi connectivity index (χ4n) is 1.98. The first kappa shape index (κ1) is 17.8. The van der Waals surface area contributed by atoms with Gasteiger partial charge in [-0.05, 0) is 43.9 Å². The second-order valence-electron chi connectivity index (χ2n) is 4.90. The molecular formula is C13H19F3N2O2S. The molecule has 8 heteroatoms. The largest absolute Gasteiger partial charge is 0.398 e. The van der Waals surface area contributed by atoms with Crippen LogP contribution in [0.5, 0.6) is 0 Å². The summed E-state index contributed by atoms with van der Waals surface area (Å²) in [5.41, 5.74) is 7.04. The van der Waals surface area contributed by atoms with Crippen molar-refractivity contribution in [1.82, 2.24) is 4.72 Å². The molecule has 1 rings (SSSR count). The standard InChI is InChI=1S/C13H19F3N2O2S/c1-9-5-6-11(17)10(2)12(9)21(19,20)18-8-4-3-7-13(14,15)16/h5-6,18H,3-4,7-8,17H2,1-2H3. The van der Waals surface area contributed by atoms with Crippen molar-refractivity contribution in [3.05, 3.63) is 23.3 Å². The third-order valence-corrected chi connectivity index (χ3v) is 4.84. The fourth-order valence-corrected chi connectivity index (χ4v) is 3.56. The number of unbranched alkanes of at least 4 members (excludes halogenated alkanes) is 1. The van der Waals surface area contributed by atoms with Gasteiger partial charge in [-0.1, -0.05) is 6.07 Å². The smallest absolute Gasteiger partial charge is 0.389 e. The monoisotopic (exact) mass is 324 g/mol. The predicted molar refractivity (Wildman–Crippen MR) is 75.4 cm³/mol. The highest BCUT2D eigenvalue weighted by atomic mass is 32.2. The lowest BCUT2D eigenvalue weighted by Gasteiger charge is -2.13. The summed E-state index contributed by atoms with van der Waals surface area (Å²) in [7, 11) is -3.77. The number of anilines is 1. The Hall–Kier alpha value is -1.28. The third-order valence-electron chi connectivity index (χ3n) is 3.09. The van der Waals surface area contributed by atoms with E-state index in [1.807, 2.05) is 0 Å². The van der Waals surface area contributed by atoms with Gasteiger partial charge in [0.15, 0.2) is 0 Å². The van der Waals surface area contributed by atoms with E-state index in [4.69, 9.17) is 5.73 Å². The van der Waals surface area contributed by atoms with Crippen LogP contribution in [-0.2, 0) is 10.0 Å². The number of benzene rings is 1. The topological polar surface area (TPSA) is 72.2 Å². The summed E-state index contributed by atoms with van der Waals surface area (Å²) in [6.07, 6.45) is -5.11. The second-order valence-corrected chi connectivity index (χ2v) is 6.60. The molecule has 1 aromatic rings. The average molecular weight is 324 g/mol. The number of rotatable bonds is 6. The van der Waals surface area contributed by atoms with E-state index in [2.05, 4.69) is 4.72 Å². The summed E-state index contributed by atoms with van der Waals surface area (Å²) in [6, 6.07) is 3.22. The Morgan fingerprint density at radius 1 is 1.19 bits per heavy atom. The van der Waals surface area contributed by atoms with Gasteiger partial charge >= 0.3 is 6.18 Å². The van der Waals surface area contributed by atoms with Crippen molar-refractivity contribution in [2.75, 3.05) is 12.3 Å². The molecule has 0 atom stereocenters. The summed E-state index contributed by atoms with van der Waals surface area (Å²) in [6.45, 7) is 3.21. The van der Waals surface area contributed by atoms with E-state index in [-0.39, 0.29) is 24.3 Å². The Bertz CT molecular complexity index is 598. The number of nitrogens with one attached hydrogen (secondary N) is 1. The van der Waals surface area contributed by atoms with Crippen LogP contribution in [0.15, 0.2) is 17.0 Å². The van der Waals surface area contributed by atoms with Crippen molar-refractivity contribution in [2.45, 2.75) is 44.2 Å². The molecule has 0 aliphatic rings. The summed E-state index contributed by atoms with van der Waals surface area (Å²) in [4.78, 5) is 0.0957. The van der Waals surface area contributed by atoms with Crippen LogP contribution in [0.1, 0.15) is 30.4 Å². The van der Waals surface area contributed by atoms with Gasteiger partial charge in [0.1, 0.15) is 0 Å². The van der Waals surface area contributed by atoms with Crippen LogP contribution in [0.4, 0.5) is 18.9 Å². The number of hydrogen-bond donors (Lipinski definition) is 2. The Kier molecular flexibility index (Phi) is 5.63. The molecule has 0 bridgehead atoms. The van der Waals surface area contributed by atoms with E-state index in [0.29, 0.717) is 16.8 Å². The number of aryl methyl sites for hydroxylation is 1. The molecule has 0 aromatic heterocycles. The van der Waals surface area contributed by atoms with Crippen LogP contribution in [0, 0.1) is 13.8 Å². The average Bonchev–Trinajstić information content (AvgIpc) is 2.32. The van der Waals surface area contributed by atoms with E-state index < -0.39 is 22.6 Å². The van der Waals surface area contributed by atoms with Crippen molar-refractivity contribution in [2.24, 2.45) is 0 Å². The molecule has 0 amide bonds. The fraction of sp³-hybridized carbons (Fsp3) is 0.538. The molecule has 0 fully saturated rings. The van der Waals surface area contributed by atoms with E-state index in [9.17, 15) is 21.6 Å². The van der Waals surface area contributed by atoms with Gasteiger partial charge in [0.25, 0.3) is 0 Å². The zero-order chi connectivity index (χ0) is 16.3. The molecule has 0 aliphatic carbocycles. The maximum absolute atomic E-state index is 12.2. The van der Waals surface area contributed by atoms with Gasteiger partial charge in [-0.3, -0.25) is 0 Å². The van der Waals surface area contributed by atoms with E-state index >= 15 is 0 Å². The zero-order valence-corrected chi connectivity index (χ0v) is 12.7. The molecule has 0 aliphatic heterocycles. The first-order valence-electron chi connectivity index (χ1n) is 6.46. The second kappa shape index (κ2) is 6.65. The zero-order valence-electron chi connectivity index (χ0n) is 11.9. The van der Waals surface area contributed by atoms with Crippen molar-refractivity contribution in [3.8, 4) is 0 Å². The Morgan fingerprint density at radius 2 is 1.81 bits per heavy atom. The van der Waals surface area contributed by atoms with Crippen molar-refractivity contribution >= 4 is 15.7 Å². The van der Waals surface area contributed by atoms with Crippen LogP contribution < -0.4 is 10.5 Å². The Balaban J connectivity index is 2.69. The number of nitrogen functional groups attached to an aromatic ring is 1. The summed E-state index contributed by atoms with van der Waals surface area (Å²) >= 11 is 0. The van der Waals surface area contributed by atoms with Crippen molar-refractivity contribution in [1.29, 1.82) is 0 Å². The predicted octanol–water partition coefficient (Wildman–Crippen LogP) is 2.90. The van der Waals surface area contributed by atoms with Crippen molar-refractivity contribution in [3.63, 3.8) is 0 Å². The number of alkyl halides is 3. The molecule has 0 spiro atoms. The first-order valence-corrected chi connectivity index (χ1v) is 7.95. The molecule has 4 nitrogen and oxygen atoms in total. The van der Waals surface area contributed by atoms with Gasteiger partial charge in [-0.15, -0.1) is 0 Å². The van der Waals surface area contributed by atoms with Gasteiger partial charge in [0.2, 0.25) is 10.0 Å². The van der Waals surface area contributed by atoms with Crippen LogP contribution in [0.25, 0.3) is 0 Å². The third kappa shape index (κ3) is 5.20. The quantitative estimate of drug-likeness (QED) is 0.624. The lowest BCUT2D eigenvalue weighted by molar-refractivity contribution is -0.135. The maximum Gasteiger partial charge on any atom is 0.389 e. The molecular weight excluding hydrogens is 305 g/mol. The van der Waals surface area contributed by atoms with E-state index in [1.54, 1.807) is 26.0 Å². The molecule has 0 heterocycles. The Morgan fingerprint density at radius 3 is 2.38 bits per heavy atom. The lowest BCUT2D eigenvalue weighted by Crippen LogP contribution is -2.26. The van der Waals surface area contributed by atoms with Gasteiger partial charge in [0, 0.05) is 18.7 Å². The molecule has 1 aromatic carbocycles. The van der Waals surface area contributed by atoms with Crippen molar-refractivity contribution < 1.29 is 21.6 Å². The molecule has 0 unspecified atom stereocenters. The number of sulfonamides is 1. The molecule has 0 saturated heterocycles. The normalized spacial score (nSPS) is 12.6. The minimum absolute atomic E-state index is 0.0356. The van der Waals surface area contributed by atoms with Gasteiger partial charge < -0.3 is 5.73 Å². The van der Waals surface area contributed by atoms with Gasteiger partial charge in [0.05, 0.1) is 4.90 Å². The Labute approximate surface area is 122 Å². The molecule has 120 valence electrons. The van der Waals surface area contributed by atoms with Gasteiger partial charge in [-0.2, -0.15) is 13.2 Å². The summed E-state index contributed by atoms with van der Waals surface area (Å²) in [5, 5.41) is 0. The van der Waals surface area contributed by atoms with Crippen LogP contribution in [-0.4, -0.2) is 21.1 Å². The SMILES string of the molecule is Cc1ccc(N)c(C)c1S(=O)(=O)NCCCCC(F)(F)F. The van der Waals surface area contributed by atoms with Gasteiger partial charge in [-0.25, -0.2) is 13.1 Å². The number of hydrogen-bond acceptors (Lipinski definition) is 3. The minimum atomic E-state index is -4.21. The van der Waals surface area contributed by atoms with Crippen LogP contribution in [0.2, 0.25) is 0 Å². The first-order chi connectivity index (χ1) is 9.54. The summed E-state index contributed by atoms with van der Waals surface area (Å²) < 4.78 is 62.7. The van der Waals surface area contributed by atoms with Crippen LogP contribution >= 0.6 is 0 Å². The minimum Gasteiger partial charge on any atom is -0.398 e. The molecule has 3 N–H and O–H groups in total. The van der Waals surface area contributed by atoms with E-state index in [0.717, 1.165) is 0 Å². The number of halogens is 3. The highest BCUT2D eigenvalue weighted by Crippen LogP contribution is 2.25. The molecule has 0 radical (unpaired) electrons.